The Balaban J connectivity index is 1.48. The zero-order valence-corrected chi connectivity index (χ0v) is 13.1. The summed E-state index contributed by atoms with van der Waals surface area (Å²) in [4.78, 5) is 15.7. The molecule has 122 valence electrons. The molecule has 0 radical (unpaired) electrons. The van der Waals surface area contributed by atoms with Crippen LogP contribution in [0.2, 0.25) is 0 Å². The number of nitrogens with zero attached hydrogens (tertiary/aromatic N) is 3. The van der Waals surface area contributed by atoms with E-state index in [1.54, 1.807) is 24.5 Å². The van der Waals surface area contributed by atoms with Crippen LogP contribution in [0.15, 0.2) is 53.2 Å². The topological polar surface area (TPSA) is 90.1 Å². The first-order valence-corrected chi connectivity index (χ1v) is 7.39. The lowest BCUT2D eigenvalue weighted by Gasteiger charge is -2.06. The quantitative estimate of drug-likeness (QED) is 0.747. The van der Waals surface area contributed by atoms with Crippen LogP contribution in [0.1, 0.15) is 11.5 Å². The van der Waals surface area contributed by atoms with Gasteiger partial charge in [0.25, 0.3) is 5.91 Å². The molecule has 0 bridgehead atoms. The number of benzene rings is 1. The molecule has 24 heavy (non-hydrogen) atoms. The van der Waals surface area contributed by atoms with Gasteiger partial charge in [-0.25, -0.2) is 0 Å². The molecule has 1 aromatic carbocycles. The standard InChI is InChI=1S/C17H16N4O3/c1-12-2-4-14(5-3-12)23-11-15(22)19-10-16-20-21-17(24-16)13-6-8-18-9-7-13/h2-9H,10-11H2,1H3,(H,19,22). The molecule has 0 spiro atoms. The van der Waals surface area contributed by atoms with Gasteiger partial charge in [0.1, 0.15) is 5.75 Å². The predicted molar refractivity (Wildman–Crippen MR) is 86.0 cm³/mol. The number of pyridine rings is 1. The maximum atomic E-state index is 11.8. The Labute approximate surface area is 138 Å². The van der Waals surface area contributed by atoms with Crippen LogP contribution < -0.4 is 10.1 Å². The second kappa shape index (κ2) is 7.36. The third-order valence-electron chi connectivity index (χ3n) is 3.22. The number of aryl methyl sites for hydroxylation is 1. The van der Waals surface area contributed by atoms with E-state index >= 15 is 0 Å². The highest BCUT2D eigenvalue weighted by Crippen LogP contribution is 2.16. The van der Waals surface area contributed by atoms with Gasteiger partial charge >= 0.3 is 0 Å². The van der Waals surface area contributed by atoms with Crippen molar-refractivity contribution >= 4 is 5.91 Å². The van der Waals surface area contributed by atoms with Gasteiger partial charge in [0.2, 0.25) is 11.8 Å². The molecular weight excluding hydrogens is 308 g/mol. The minimum atomic E-state index is -0.265. The normalized spacial score (nSPS) is 10.4. The molecule has 0 saturated heterocycles. The van der Waals surface area contributed by atoms with Gasteiger partial charge in [-0.3, -0.25) is 9.78 Å². The van der Waals surface area contributed by atoms with E-state index in [0.29, 0.717) is 17.5 Å². The van der Waals surface area contributed by atoms with E-state index in [9.17, 15) is 4.79 Å². The molecule has 0 unspecified atom stereocenters. The van der Waals surface area contributed by atoms with E-state index in [-0.39, 0.29) is 19.1 Å². The number of hydrogen-bond donors (Lipinski definition) is 1. The van der Waals surface area contributed by atoms with Crippen LogP contribution in [0.4, 0.5) is 0 Å². The number of rotatable bonds is 6. The lowest BCUT2D eigenvalue weighted by Crippen LogP contribution is -2.28. The third kappa shape index (κ3) is 4.16. The Morgan fingerprint density at radius 1 is 1.12 bits per heavy atom. The summed E-state index contributed by atoms with van der Waals surface area (Å²) in [6, 6.07) is 11.0. The van der Waals surface area contributed by atoms with Gasteiger partial charge in [-0.05, 0) is 31.2 Å². The molecule has 3 aromatic rings. The van der Waals surface area contributed by atoms with Crippen molar-refractivity contribution in [3.8, 4) is 17.2 Å². The van der Waals surface area contributed by atoms with Gasteiger partial charge < -0.3 is 14.5 Å². The summed E-state index contributed by atoms with van der Waals surface area (Å²) < 4.78 is 10.9. The second-order valence-corrected chi connectivity index (χ2v) is 5.12. The molecule has 0 saturated carbocycles. The lowest BCUT2D eigenvalue weighted by atomic mass is 10.2. The van der Waals surface area contributed by atoms with Crippen LogP contribution in [-0.4, -0.2) is 27.7 Å². The highest BCUT2D eigenvalue weighted by molar-refractivity contribution is 5.77. The van der Waals surface area contributed by atoms with Gasteiger partial charge in [-0.1, -0.05) is 17.7 Å². The Morgan fingerprint density at radius 2 is 1.88 bits per heavy atom. The predicted octanol–water partition coefficient (Wildman–Crippen LogP) is 2.14. The monoisotopic (exact) mass is 324 g/mol. The van der Waals surface area contributed by atoms with Crippen molar-refractivity contribution in [3.63, 3.8) is 0 Å². The number of nitrogens with one attached hydrogen (secondary N) is 1. The van der Waals surface area contributed by atoms with Crippen molar-refractivity contribution in [2.24, 2.45) is 0 Å². The highest BCUT2D eigenvalue weighted by Gasteiger charge is 2.10. The molecule has 0 aliphatic carbocycles. The van der Waals surface area contributed by atoms with Crippen LogP contribution in [0.25, 0.3) is 11.5 Å². The number of carbonyl (C=O) groups is 1. The van der Waals surface area contributed by atoms with E-state index in [1.165, 1.54) is 0 Å². The highest BCUT2D eigenvalue weighted by atomic mass is 16.5. The number of carbonyl (C=O) groups excluding carboxylic acids is 1. The van der Waals surface area contributed by atoms with Crippen LogP contribution in [0, 0.1) is 6.92 Å². The van der Waals surface area contributed by atoms with E-state index in [2.05, 4.69) is 20.5 Å². The first kappa shape index (κ1) is 15.7. The Kier molecular flexibility index (Phi) is 4.81. The molecule has 0 atom stereocenters. The van der Waals surface area contributed by atoms with Crippen molar-refractivity contribution in [1.82, 2.24) is 20.5 Å². The van der Waals surface area contributed by atoms with Crippen LogP contribution in [0.5, 0.6) is 5.75 Å². The van der Waals surface area contributed by atoms with E-state index in [1.807, 2.05) is 31.2 Å². The number of ether oxygens (including phenoxy) is 1. The Bertz CT molecular complexity index is 800. The molecule has 3 rings (SSSR count). The smallest absolute Gasteiger partial charge is 0.258 e. The molecule has 2 heterocycles. The molecule has 0 aliphatic rings. The number of hydrogen-bond acceptors (Lipinski definition) is 6. The number of aromatic nitrogens is 3. The molecule has 2 aromatic heterocycles. The van der Waals surface area contributed by atoms with Crippen molar-refractivity contribution in [2.45, 2.75) is 13.5 Å². The molecule has 0 aliphatic heterocycles. The second-order valence-electron chi connectivity index (χ2n) is 5.12. The fourth-order valence-corrected chi connectivity index (χ4v) is 1.94. The fourth-order valence-electron chi connectivity index (χ4n) is 1.94. The van der Waals surface area contributed by atoms with Gasteiger partial charge in [0.05, 0.1) is 6.54 Å². The summed E-state index contributed by atoms with van der Waals surface area (Å²) in [5.74, 6) is 1.09. The SMILES string of the molecule is Cc1ccc(OCC(=O)NCc2nnc(-c3ccncc3)o2)cc1. The molecule has 7 nitrogen and oxygen atoms in total. The first-order valence-electron chi connectivity index (χ1n) is 7.39. The van der Waals surface area contributed by atoms with Gasteiger partial charge in [-0.15, -0.1) is 10.2 Å². The molecule has 7 heteroatoms. The maximum absolute atomic E-state index is 11.8. The van der Waals surface area contributed by atoms with Crippen molar-refractivity contribution in [1.29, 1.82) is 0 Å². The molecular formula is C17H16N4O3. The van der Waals surface area contributed by atoms with Gasteiger partial charge in [-0.2, -0.15) is 0 Å². The van der Waals surface area contributed by atoms with E-state index in [4.69, 9.17) is 9.15 Å². The molecule has 1 N–H and O–H groups in total. The summed E-state index contributed by atoms with van der Waals surface area (Å²) in [5.41, 5.74) is 1.91. The summed E-state index contributed by atoms with van der Waals surface area (Å²) in [7, 11) is 0. The largest absolute Gasteiger partial charge is 0.484 e. The summed E-state index contributed by atoms with van der Waals surface area (Å²) in [6.45, 7) is 2.06. The van der Waals surface area contributed by atoms with Crippen molar-refractivity contribution < 1.29 is 13.9 Å². The Morgan fingerprint density at radius 3 is 2.62 bits per heavy atom. The third-order valence-corrected chi connectivity index (χ3v) is 3.22. The zero-order chi connectivity index (χ0) is 16.8. The van der Waals surface area contributed by atoms with Crippen LogP contribution >= 0.6 is 0 Å². The van der Waals surface area contributed by atoms with Crippen molar-refractivity contribution in [2.75, 3.05) is 6.61 Å². The van der Waals surface area contributed by atoms with Crippen molar-refractivity contribution in [3.05, 3.63) is 60.2 Å². The summed E-state index contributed by atoms with van der Waals surface area (Å²) >= 11 is 0. The van der Waals surface area contributed by atoms with E-state index in [0.717, 1.165) is 11.1 Å². The minimum absolute atomic E-state index is 0.0750. The first-order chi connectivity index (χ1) is 11.7. The molecule has 1 amide bonds. The van der Waals surface area contributed by atoms with Crippen LogP contribution in [0.3, 0.4) is 0 Å². The van der Waals surface area contributed by atoms with Crippen LogP contribution in [-0.2, 0) is 11.3 Å². The van der Waals surface area contributed by atoms with E-state index < -0.39 is 0 Å². The fraction of sp³-hybridized carbons (Fsp3) is 0.176. The minimum Gasteiger partial charge on any atom is -0.484 e. The summed E-state index contributed by atoms with van der Waals surface area (Å²) in [6.07, 6.45) is 3.28. The maximum Gasteiger partial charge on any atom is 0.258 e. The number of amides is 1. The average Bonchev–Trinajstić information content (AvgIpc) is 3.09. The van der Waals surface area contributed by atoms with Gasteiger partial charge in [0.15, 0.2) is 6.61 Å². The average molecular weight is 324 g/mol. The molecule has 0 fully saturated rings. The van der Waals surface area contributed by atoms with Gasteiger partial charge in [0, 0.05) is 18.0 Å². The zero-order valence-electron chi connectivity index (χ0n) is 13.1. The summed E-state index contributed by atoms with van der Waals surface area (Å²) in [5, 5.41) is 10.5. The Hall–Kier alpha value is -3.22. The lowest BCUT2D eigenvalue weighted by molar-refractivity contribution is -0.123.